The number of halogens is 1. The second-order valence-corrected chi connectivity index (χ2v) is 9.56. The van der Waals surface area contributed by atoms with Gasteiger partial charge in [0.2, 0.25) is 17.7 Å². The van der Waals surface area contributed by atoms with Crippen LogP contribution in [0.5, 0.6) is 0 Å². The second-order valence-electron chi connectivity index (χ2n) is 9.12. The third-order valence-electron chi connectivity index (χ3n) is 7.56. The number of nitrogens with one attached hydrogen (secondary N) is 1. The Hall–Kier alpha value is -2.70. The van der Waals surface area contributed by atoms with Crippen LogP contribution >= 0.6 is 11.6 Å². The van der Waals surface area contributed by atoms with Crippen LogP contribution in [0.25, 0.3) is 0 Å². The average molecular weight is 436 g/mol. The number of amides is 3. The van der Waals surface area contributed by atoms with Gasteiger partial charge in [0.15, 0.2) is 0 Å². The minimum absolute atomic E-state index is 0.132. The van der Waals surface area contributed by atoms with Crippen molar-refractivity contribution in [3.05, 3.63) is 58.1 Å². The number of aryl methyl sites for hydroxylation is 2. The molecular formula is C24H22ClN3O3. The summed E-state index contributed by atoms with van der Waals surface area (Å²) in [7, 11) is 0. The molecular weight excluding hydrogens is 414 g/mol. The van der Waals surface area contributed by atoms with E-state index in [-0.39, 0.29) is 23.8 Å². The molecule has 4 heterocycles. The number of carbonyl (C=O) groups excluding carboxylic acids is 3. The summed E-state index contributed by atoms with van der Waals surface area (Å²) in [6, 6.07) is 10.9. The summed E-state index contributed by atoms with van der Waals surface area (Å²) in [6.07, 6.45) is 1.69. The van der Waals surface area contributed by atoms with Crippen LogP contribution in [0.4, 0.5) is 11.4 Å². The molecule has 0 radical (unpaired) electrons. The Balaban J connectivity index is 1.57. The van der Waals surface area contributed by atoms with Crippen LogP contribution in [0.1, 0.15) is 29.5 Å². The topological polar surface area (TPSA) is 69.7 Å². The molecule has 6 rings (SSSR count). The number of rotatable bonds is 1. The number of fused-ring (bicyclic) bond motifs is 7. The minimum Gasteiger partial charge on any atom is -0.324 e. The molecule has 1 spiro atoms. The largest absolute Gasteiger partial charge is 0.324 e. The van der Waals surface area contributed by atoms with Crippen LogP contribution in [0.3, 0.4) is 0 Å². The molecule has 4 aliphatic rings. The van der Waals surface area contributed by atoms with E-state index < -0.39 is 17.4 Å². The van der Waals surface area contributed by atoms with Crippen LogP contribution in [-0.2, 0) is 19.9 Å². The SMILES string of the molecule is Cc1ccc(N2C(=O)C3C4CCCN4C4(C(=O)Nc5c(C)cc(Cl)cc54)C3C2=O)cc1. The van der Waals surface area contributed by atoms with Crippen molar-refractivity contribution in [3.8, 4) is 0 Å². The monoisotopic (exact) mass is 435 g/mol. The highest BCUT2D eigenvalue weighted by Gasteiger charge is 2.74. The van der Waals surface area contributed by atoms with Crippen LogP contribution in [0.15, 0.2) is 36.4 Å². The van der Waals surface area contributed by atoms with E-state index in [1.165, 1.54) is 4.90 Å². The minimum atomic E-state index is -1.19. The molecule has 4 aliphatic heterocycles. The molecule has 4 unspecified atom stereocenters. The summed E-state index contributed by atoms with van der Waals surface area (Å²) in [5, 5.41) is 3.55. The Morgan fingerprint density at radius 3 is 2.55 bits per heavy atom. The van der Waals surface area contributed by atoms with E-state index in [2.05, 4.69) is 10.2 Å². The smallest absolute Gasteiger partial charge is 0.250 e. The Morgan fingerprint density at radius 1 is 1.06 bits per heavy atom. The lowest BCUT2D eigenvalue weighted by Gasteiger charge is -2.36. The number of carbonyl (C=O) groups is 3. The molecule has 0 saturated carbocycles. The number of imide groups is 1. The van der Waals surface area contributed by atoms with Crippen molar-refractivity contribution in [2.45, 2.75) is 38.3 Å². The highest BCUT2D eigenvalue weighted by molar-refractivity contribution is 6.31. The Morgan fingerprint density at radius 2 is 1.81 bits per heavy atom. The summed E-state index contributed by atoms with van der Waals surface area (Å²) < 4.78 is 0. The molecule has 1 N–H and O–H groups in total. The first-order valence-electron chi connectivity index (χ1n) is 10.7. The van der Waals surface area contributed by atoms with Gasteiger partial charge in [0.05, 0.1) is 17.5 Å². The maximum Gasteiger partial charge on any atom is 0.250 e. The highest BCUT2D eigenvalue weighted by Crippen LogP contribution is 2.61. The van der Waals surface area contributed by atoms with Crippen molar-refractivity contribution in [1.82, 2.24) is 4.90 Å². The quantitative estimate of drug-likeness (QED) is 0.697. The van der Waals surface area contributed by atoms with E-state index in [1.807, 2.05) is 32.0 Å². The van der Waals surface area contributed by atoms with E-state index >= 15 is 0 Å². The zero-order chi connectivity index (χ0) is 21.7. The number of benzene rings is 2. The summed E-state index contributed by atoms with van der Waals surface area (Å²) in [5.74, 6) is -2.02. The Bertz CT molecular complexity index is 1180. The van der Waals surface area contributed by atoms with Crippen molar-refractivity contribution >= 4 is 40.7 Å². The summed E-state index contributed by atoms with van der Waals surface area (Å²) in [5.41, 5.74) is 2.73. The van der Waals surface area contributed by atoms with Gasteiger partial charge in [-0.25, -0.2) is 4.90 Å². The third-order valence-corrected chi connectivity index (χ3v) is 7.77. The van der Waals surface area contributed by atoms with E-state index in [9.17, 15) is 14.4 Å². The first-order chi connectivity index (χ1) is 14.9. The number of anilines is 2. The lowest BCUT2D eigenvalue weighted by Crippen LogP contribution is -2.54. The molecule has 2 aromatic rings. The normalized spacial score (nSPS) is 31.4. The highest BCUT2D eigenvalue weighted by atomic mass is 35.5. The zero-order valence-electron chi connectivity index (χ0n) is 17.3. The first kappa shape index (κ1) is 19.0. The zero-order valence-corrected chi connectivity index (χ0v) is 18.1. The molecule has 2 aromatic carbocycles. The predicted octanol–water partition coefficient (Wildman–Crippen LogP) is 3.39. The summed E-state index contributed by atoms with van der Waals surface area (Å²) in [6.45, 7) is 4.54. The number of hydrogen-bond acceptors (Lipinski definition) is 4. The molecule has 7 heteroatoms. The molecule has 158 valence electrons. The Labute approximate surface area is 185 Å². The van der Waals surface area contributed by atoms with E-state index in [4.69, 9.17) is 11.6 Å². The fourth-order valence-corrected chi connectivity index (χ4v) is 6.66. The lowest BCUT2D eigenvalue weighted by atomic mass is 9.75. The van der Waals surface area contributed by atoms with Gasteiger partial charge in [-0.15, -0.1) is 0 Å². The second kappa shape index (κ2) is 6.17. The van der Waals surface area contributed by atoms with Crippen LogP contribution in [0.2, 0.25) is 5.02 Å². The van der Waals surface area contributed by atoms with Crippen LogP contribution in [0, 0.1) is 25.7 Å². The first-order valence-corrected chi connectivity index (χ1v) is 11.1. The van der Waals surface area contributed by atoms with Crippen LogP contribution in [-0.4, -0.2) is 35.2 Å². The van der Waals surface area contributed by atoms with Gasteiger partial charge in [0, 0.05) is 22.3 Å². The van der Waals surface area contributed by atoms with Gasteiger partial charge in [0.25, 0.3) is 0 Å². The number of nitrogens with zero attached hydrogens (tertiary/aromatic N) is 2. The van der Waals surface area contributed by atoms with Gasteiger partial charge in [-0.2, -0.15) is 0 Å². The lowest BCUT2D eigenvalue weighted by molar-refractivity contribution is -0.135. The maximum atomic E-state index is 13.9. The van der Waals surface area contributed by atoms with Crippen molar-refractivity contribution in [2.24, 2.45) is 11.8 Å². The van der Waals surface area contributed by atoms with Gasteiger partial charge in [-0.05, 0) is 63.1 Å². The van der Waals surface area contributed by atoms with Crippen molar-refractivity contribution in [1.29, 1.82) is 0 Å². The summed E-state index contributed by atoms with van der Waals surface area (Å²) in [4.78, 5) is 44.6. The molecule has 3 fully saturated rings. The molecule has 6 nitrogen and oxygen atoms in total. The van der Waals surface area contributed by atoms with Crippen molar-refractivity contribution in [2.75, 3.05) is 16.8 Å². The third kappa shape index (κ3) is 2.19. The average Bonchev–Trinajstić information content (AvgIpc) is 3.42. The molecule has 4 atom stereocenters. The van der Waals surface area contributed by atoms with Gasteiger partial charge in [0.1, 0.15) is 5.54 Å². The standard InChI is InChI=1S/C24H22ClN3O3/c1-12-5-7-15(8-6-12)28-21(29)18-17-4-3-9-27(17)24(19(18)22(28)30)16-11-14(25)10-13(2)20(16)26-23(24)31/h5-8,10-11,17-19H,3-4,9H2,1-2H3,(H,26,31). The predicted molar refractivity (Wildman–Crippen MR) is 117 cm³/mol. The van der Waals surface area contributed by atoms with Gasteiger partial charge >= 0.3 is 0 Å². The molecule has 0 bridgehead atoms. The van der Waals surface area contributed by atoms with E-state index in [0.717, 1.165) is 35.2 Å². The van der Waals surface area contributed by atoms with Crippen molar-refractivity contribution in [3.63, 3.8) is 0 Å². The fourth-order valence-electron chi connectivity index (χ4n) is 6.38. The van der Waals surface area contributed by atoms with Gasteiger partial charge < -0.3 is 5.32 Å². The van der Waals surface area contributed by atoms with Gasteiger partial charge in [-0.3, -0.25) is 19.3 Å². The Kier molecular flexibility index (Phi) is 3.79. The van der Waals surface area contributed by atoms with Crippen LogP contribution < -0.4 is 10.2 Å². The molecule has 0 aromatic heterocycles. The fraction of sp³-hybridized carbons (Fsp3) is 0.375. The molecule has 0 aliphatic carbocycles. The van der Waals surface area contributed by atoms with Gasteiger partial charge in [-0.1, -0.05) is 29.3 Å². The van der Waals surface area contributed by atoms with E-state index in [0.29, 0.717) is 17.3 Å². The summed E-state index contributed by atoms with van der Waals surface area (Å²) >= 11 is 6.41. The maximum absolute atomic E-state index is 13.9. The molecule has 31 heavy (non-hydrogen) atoms. The van der Waals surface area contributed by atoms with Crippen molar-refractivity contribution < 1.29 is 14.4 Å². The molecule has 3 amide bonds. The number of hydrogen-bond donors (Lipinski definition) is 1. The van der Waals surface area contributed by atoms with E-state index in [1.54, 1.807) is 18.2 Å². The molecule has 3 saturated heterocycles.